The second kappa shape index (κ2) is 7.63. The standard InChI is InChI=1S/C12H25N3O2/c1-3-15(6-7-17-2)11(9-13)8-12(16)14-10-4-5-10/h10-11H,3-9,13H2,1-2H3,(H,14,16). The summed E-state index contributed by atoms with van der Waals surface area (Å²) in [5.41, 5.74) is 5.75. The van der Waals surface area contributed by atoms with E-state index in [1.165, 1.54) is 0 Å². The van der Waals surface area contributed by atoms with Crippen LogP contribution >= 0.6 is 0 Å². The first-order chi connectivity index (χ1) is 8.21. The van der Waals surface area contributed by atoms with Crippen LogP contribution in [-0.2, 0) is 9.53 Å². The molecule has 0 aromatic carbocycles. The molecule has 0 spiro atoms. The van der Waals surface area contributed by atoms with Gasteiger partial charge < -0.3 is 15.8 Å². The van der Waals surface area contributed by atoms with Crippen LogP contribution in [0.1, 0.15) is 26.2 Å². The summed E-state index contributed by atoms with van der Waals surface area (Å²) in [7, 11) is 1.69. The Labute approximate surface area is 104 Å². The zero-order valence-electron chi connectivity index (χ0n) is 10.9. The van der Waals surface area contributed by atoms with Gasteiger partial charge in [-0.2, -0.15) is 0 Å². The van der Waals surface area contributed by atoms with Crippen LogP contribution in [0.5, 0.6) is 0 Å². The molecule has 1 atom stereocenters. The molecule has 0 aliphatic heterocycles. The molecule has 0 radical (unpaired) electrons. The maximum absolute atomic E-state index is 11.7. The minimum absolute atomic E-state index is 0.119. The van der Waals surface area contributed by atoms with Crippen LogP contribution in [0.25, 0.3) is 0 Å². The average Bonchev–Trinajstić information content (AvgIpc) is 3.12. The summed E-state index contributed by atoms with van der Waals surface area (Å²) < 4.78 is 5.07. The van der Waals surface area contributed by atoms with Crippen molar-refractivity contribution < 1.29 is 9.53 Å². The van der Waals surface area contributed by atoms with Gasteiger partial charge in [-0.05, 0) is 19.4 Å². The molecule has 0 heterocycles. The molecule has 3 N–H and O–H groups in total. The molecule has 5 heteroatoms. The third-order valence-electron chi connectivity index (χ3n) is 3.14. The van der Waals surface area contributed by atoms with Crippen LogP contribution < -0.4 is 11.1 Å². The van der Waals surface area contributed by atoms with Gasteiger partial charge in [0.15, 0.2) is 0 Å². The molecule has 0 aromatic heterocycles. The van der Waals surface area contributed by atoms with E-state index in [1.807, 2.05) is 0 Å². The van der Waals surface area contributed by atoms with E-state index >= 15 is 0 Å². The maximum Gasteiger partial charge on any atom is 0.221 e. The Morgan fingerprint density at radius 3 is 2.76 bits per heavy atom. The van der Waals surface area contributed by atoms with Crippen molar-refractivity contribution in [1.82, 2.24) is 10.2 Å². The predicted molar refractivity (Wildman–Crippen MR) is 67.7 cm³/mol. The lowest BCUT2D eigenvalue weighted by Gasteiger charge is -2.29. The second-order valence-corrected chi connectivity index (χ2v) is 4.56. The highest BCUT2D eigenvalue weighted by molar-refractivity contribution is 5.77. The van der Waals surface area contributed by atoms with E-state index in [2.05, 4.69) is 17.1 Å². The zero-order chi connectivity index (χ0) is 12.7. The third-order valence-corrected chi connectivity index (χ3v) is 3.14. The van der Waals surface area contributed by atoms with Crippen molar-refractivity contribution in [3.63, 3.8) is 0 Å². The van der Waals surface area contributed by atoms with Crippen LogP contribution in [0.2, 0.25) is 0 Å². The topological polar surface area (TPSA) is 67.6 Å². The SMILES string of the molecule is CCN(CCOC)C(CN)CC(=O)NC1CC1. The molecular weight excluding hydrogens is 218 g/mol. The molecular formula is C12H25N3O2. The molecule has 5 nitrogen and oxygen atoms in total. The van der Waals surface area contributed by atoms with Crippen molar-refractivity contribution in [3.05, 3.63) is 0 Å². The number of ether oxygens (including phenoxy) is 1. The monoisotopic (exact) mass is 243 g/mol. The highest BCUT2D eigenvalue weighted by Crippen LogP contribution is 2.19. The molecule has 1 aliphatic rings. The van der Waals surface area contributed by atoms with E-state index in [-0.39, 0.29) is 11.9 Å². The van der Waals surface area contributed by atoms with E-state index in [9.17, 15) is 4.79 Å². The van der Waals surface area contributed by atoms with Gasteiger partial charge in [-0.25, -0.2) is 0 Å². The first kappa shape index (κ1) is 14.4. The summed E-state index contributed by atoms with van der Waals surface area (Å²) in [5.74, 6) is 0.124. The number of hydrogen-bond acceptors (Lipinski definition) is 4. The summed E-state index contributed by atoms with van der Waals surface area (Å²) in [6.07, 6.45) is 2.74. The van der Waals surface area contributed by atoms with Gasteiger partial charge in [0, 0.05) is 38.7 Å². The summed E-state index contributed by atoms with van der Waals surface area (Å²) in [6, 6.07) is 0.545. The number of methoxy groups -OCH3 is 1. The van der Waals surface area contributed by atoms with Crippen molar-refractivity contribution in [2.24, 2.45) is 5.73 Å². The molecule has 1 rings (SSSR count). The Morgan fingerprint density at radius 2 is 2.29 bits per heavy atom. The number of nitrogens with zero attached hydrogens (tertiary/aromatic N) is 1. The van der Waals surface area contributed by atoms with E-state index in [1.54, 1.807) is 7.11 Å². The van der Waals surface area contributed by atoms with Gasteiger partial charge in [0.05, 0.1) is 6.61 Å². The molecule has 1 unspecified atom stereocenters. The van der Waals surface area contributed by atoms with Crippen molar-refractivity contribution >= 4 is 5.91 Å². The van der Waals surface area contributed by atoms with Crippen LogP contribution in [-0.4, -0.2) is 56.2 Å². The molecule has 1 amide bonds. The Bertz CT molecular complexity index is 232. The number of rotatable bonds is 9. The molecule has 1 fully saturated rings. The van der Waals surface area contributed by atoms with Crippen LogP contribution in [0.15, 0.2) is 0 Å². The van der Waals surface area contributed by atoms with Crippen molar-refractivity contribution in [3.8, 4) is 0 Å². The number of hydrogen-bond donors (Lipinski definition) is 2. The summed E-state index contributed by atoms with van der Waals surface area (Å²) >= 11 is 0. The molecule has 100 valence electrons. The fourth-order valence-corrected chi connectivity index (χ4v) is 1.90. The Hall–Kier alpha value is -0.650. The van der Waals surface area contributed by atoms with Gasteiger partial charge >= 0.3 is 0 Å². The number of likely N-dealkylation sites (N-methyl/N-ethyl adjacent to an activating group) is 1. The summed E-state index contributed by atoms with van der Waals surface area (Å²) in [4.78, 5) is 13.9. The van der Waals surface area contributed by atoms with E-state index in [0.29, 0.717) is 25.6 Å². The molecule has 1 saturated carbocycles. The van der Waals surface area contributed by atoms with Crippen LogP contribution in [0.4, 0.5) is 0 Å². The number of carbonyl (C=O) groups is 1. The average molecular weight is 243 g/mol. The van der Waals surface area contributed by atoms with Crippen molar-refractivity contribution in [2.45, 2.75) is 38.3 Å². The quantitative estimate of drug-likeness (QED) is 0.596. The molecule has 0 aromatic rings. The minimum Gasteiger partial charge on any atom is -0.383 e. The predicted octanol–water partition coefficient (Wildman–Crippen LogP) is -0.0493. The van der Waals surface area contributed by atoms with Crippen LogP contribution in [0, 0.1) is 0 Å². The van der Waals surface area contributed by atoms with Gasteiger partial charge in [0.25, 0.3) is 0 Å². The Balaban J connectivity index is 2.34. The second-order valence-electron chi connectivity index (χ2n) is 4.56. The number of nitrogens with two attached hydrogens (primary N) is 1. The van der Waals surface area contributed by atoms with Gasteiger partial charge in [-0.3, -0.25) is 9.69 Å². The smallest absolute Gasteiger partial charge is 0.221 e. The zero-order valence-corrected chi connectivity index (χ0v) is 10.9. The Kier molecular flexibility index (Phi) is 6.47. The fourth-order valence-electron chi connectivity index (χ4n) is 1.90. The van der Waals surface area contributed by atoms with E-state index in [0.717, 1.165) is 25.9 Å². The Morgan fingerprint density at radius 1 is 1.59 bits per heavy atom. The highest BCUT2D eigenvalue weighted by Gasteiger charge is 2.25. The lowest BCUT2D eigenvalue weighted by molar-refractivity contribution is -0.122. The lowest BCUT2D eigenvalue weighted by atomic mass is 10.1. The molecule has 0 saturated heterocycles. The van der Waals surface area contributed by atoms with Crippen molar-refractivity contribution in [1.29, 1.82) is 0 Å². The molecule has 0 bridgehead atoms. The lowest BCUT2D eigenvalue weighted by Crippen LogP contribution is -2.45. The highest BCUT2D eigenvalue weighted by atomic mass is 16.5. The van der Waals surface area contributed by atoms with Gasteiger partial charge in [0.1, 0.15) is 0 Å². The van der Waals surface area contributed by atoms with Crippen LogP contribution in [0.3, 0.4) is 0 Å². The van der Waals surface area contributed by atoms with E-state index < -0.39 is 0 Å². The fraction of sp³-hybridized carbons (Fsp3) is 0.917. The number of nitrogens with one attached hydrogen (secondary N) is 1. The van der Waals surface area contributed by atoms with E-state index in [4.69, 9.17) is 10.5 Å². The van der Waals surface area contributed by atoms with Gasteiger partial charge in [-0.1, -0.05) is 6.92 Å². The molecule has 17 heavy (non-hydrogen) atoms. The first-order valence-electron chi connectivity index (χ1n) is 6.43. The maximum atomic E-state index is 11.7. The number of amides is 1. The largest absolute Gasteiger partial charge is 0.383 e. The normalized spacial score (nSPS) is 17.2. The minimum atomic E-state index is 0.119. The molecule has 1 aliphatic carbocycles. The third kappa shape index (κ3) is 5.48. The van der Waals surface area contributed by atoms with Gasteiger partial charge in [-0.15, -0.1) is 0 Å². The van der Waals surface area contributed by atoms with Crippen molar-refractivity contribution in [2.75, 3.05) is 33.4 Å². The van der Waals surface area contributed by atoms with Gasteiger partial charge in [0.2, 0.25) is 5.91 Å². The summed E-state index contributed by atoms with van der Waals surface area (Å²) in [5, 5.41) is 3.00. The first-order valence-corrected chi connectivity index (χ1v) is 6.43. The number of carbonyl (C=O) groups excluding carboxylic acids is 1. The summed E-state index contributed by atoms with van der Waals surface area (Å²) in [6.45, 7) is 4.98.